The normalized spacial score (nSPS) is 12.3. The predicted octanol–water partition coefficient (Wildman–Crippen LogP) is 1.70. The van der Waals surface area contributed by atoms with Crippen LogP contribution in [0.15, 0.2) is 36.5 Å². The lowest BCUT2D eigenvalue weighted by molar-refractivity contribution is -0.392. The molecule has 0 aliphatic rings. The van der Waals surface area contributed by atoms with Crippen LogP contribution in [0.1, 0.15) is 11.4 Å². The second-order valence-electron chi connectivity index (χ2n) is 4.37. The summed E-state index contributed by atoms with van der Waals surface area (Å²) in [4.78, 5) is 14.3. The molecule has 0 saturated carbocycles. The fraction of sp³-hybridized carbons (Fsp3) is 0.308. The van der Waals surface area contributed by atoms with Gasteiger partial charge in [0.05, 0.1) is 6.10 Å². The maximum atomic E-state index is 10.8. The first-order valence-electron chi connectivity index (χ1n) is 5.96. The third kappa shape index (κ3) is 3.17. The van der Waals surface area contributed by atoms with Crippen molar-refractivity contribution >= 4 is 5.82 Å². The summed E-state index contributed by atoms with van der Waals surface area (Å²) >= 11 is 0. The Hall–Kier alpha value is -2.21. The molecule has 0 aliphatic carbocycles. The van der Waals surface area contributed by atoms with Gasteiger partial charge in [0.25, 0.3) is 0 Å². The molecular formula is C13H15N3O3. The Labute approximate surface area is 110 Å². The largest absolute Gasteiger partial charge is 0.389 e. The van der Waals surface area contributed by atoms with Crippen molar-refractivity contribution in [1.29, 1.82) is 0 Å². The molecule has 6 nitrogen and oxygen atoms in total. The number of rotatable bonds is 5. The molecule has 6 heteroatoms. The van der Waals surface area contributed by atoms with E-state index in [2.05, 4.69) is 4.98 Å². The van der Waals surface area contributed by atoms with E-state index in [4.69, 9.17) is 0 Å². The minimum atomic E-state index is -0.686. The highest BCUT2D eigenvalue weighted by molar-refractivity contribution is 5.19. The smallest absolute Gasteiger partial charge is 0.342 e. The van der Waals surface area contributed by atoms with Crippen molar-refractivity contribution < 1.29 is 10.0 Å². The molecule has 1 unspecified atom stereocenters. The van der Waals surface area contributed by atoms with E-state index in [-0.39, 0.29) is 12.4 Å². The number of aromatic nitrogens is 2. The number of aliphatic hydroxyl groups is 1. The Morgan fingerprint density at radius 1 is 1.42 bits per heavy atom. The molecule has 2 aromatic rings. The summed E-state index contributed by atoms with van der Waals surface area (Å²) in [6.07, 6.45) is 0.981. The number of benzene rings is 1. The predicted molar refractivity (Wildman–Crippen MR) is 69.8 cm³/mol. The average molecular weight is 261 g/mol. The fourth-order valence-electron chi connectivity index (χ4n) is 1.99. The van der Waals surface area contributed by atoms with Crippen molar-refractivity contribution in [2.75, 3.05) is 0 Å². The quantitative estimate of drug-likeness (QED) is 0.656. The van der Waals surface area contributed by atoms with Gasteiger partial charge in [-0.1, -0.05) is 30.3 Å². The minimum Gasteiger partial charge on any atom is -0.389 e. The highest BCUT2D eigenvalue weighted by Gasteiger charge is 2.20. The van der Waals surface area contributed by atoms with Gasteiger partial charge in [0.1, 0.15) is 12.7 Å². The topological polar surface area (TPSA) is 81.2 Å². The van der Waals surface area contributed by atoms with Gasteiger partial charge in [-0.05, 0) is 10.5 Å². The molecule has 100 valence electrons. The first-order chi connectivity index (χ1) is 9.08. The Kier molecular flexibility index (Phi) is 3.91. The molecular weight excluding hydrogens is 246 g/mol. The average Bonchev–Trinajstić information content (AvgIpc) is 2.72. The Bertz CT molecular complexity index is 566. The Morgan fingerprint density at radius 2 is 2.11 bits per heavy atom. The van der Waals surface area contributed by atoms with Crippen LogP contribution in [0.5, 0.6) is 0 Å². The molecule has 0 spiro atoms. The van der Waals surface area contributed by atoms with Crippen LogP contribution in [0.25, 0.3) is 0 Å². The maximum absolute atomic E-state index is 10.8. The number of nitro groups is 1. The summed E-state index contributed by atoms with van der Waals surface area (Å²) in [6, 6.07) is 9.53. The van der Waals surface area contributed by atoms with Crippen LogP contribution in [0.3, 0.4) is 0 Å². The molecule has 0 aliphatic heterocycles. The van der Waals surface area contributed by atoms with Crippen molar-refractivity contribution in [3.63, 3.8) is 0 Å². The van der Waals surface area contributed by atoms with Crippen molar-refractivity contribution in [3.05, 3.63) is 58.0 Å². The third-order valence-electron chi connectivity index (χ3n) is 2.93. The minimum absolute atomic E-state index is 0.0930. The lowest BCUT2D eigenvalue weighted by Crippen LogP contribution is -2.20. The number of aryl methyl sites for hydroxylation is 1. The van der Waals surface area contributed by atoms with Crippen LogP contribution in [-0.4, -0.2) is 25.7 Å². The lowest BCUT2D eigenvalue weighted by atomic mass is 10.1. The van der Waals surface area contributed by atoms with Gasteiger partial charge in [-0.2, -0.15) is 0 Å². The highest BCUT2D eigenvalue weighted by atomic mass is 16.6. The molecule has 0 saturated heterocycles. The molecule has 1 aromatic heterocycles. The zero-order valence-corrected chi connectivity index (χ0v) is 10.6. The van der Waals surface area contributed by atoms with Gasteiger partial charge in [0, 0.05) is 13.3 Å². The summed E-state index contributed by atoms with van der Waals surface area (Å²) in [6.45, 7) is 1.85. The van der Waals surface area contributed by atoms with E-state index in [1.165, 1.54) is 10.8 Å². The van der Waals surface area contributed by atoms with Gasteiger partial charge in [-0.3, -0.25) is 0 Å². The van der Waals surface area contributed by atoms with Crippen LogP contribution in [-0.2, 0) is 13.0 Å². The third-order valence-corrected chi connectivity index (χ3v) is 2.93. The number of hydrogen-bond acceptors (Lipinski definition) is 4. The van der Waals surface area contributed by atoms with E-state index in [0.29, 0.717) is 12.2 Å². The van der Waals surface area contributed by atoms with Gasteiger partial charge in [-0.15, -0.1) is 0 Å². The van der Waals surface area contributed by atoms with Crippen molar-refractivity contribution in [2.45, 2.75) is 26.0 Å². The van der Waals surface area contributed by atoms with E-state index in [9.17, 15) is 15.2 Å². The number of nitrogens with zero attached hydrogens (tertiary/aromatic N) is 3. The molecule has 1 aromatic carbocycles. The summed E-state index contributed by atoms with van der Waals surface area (Å²) in [7, 11) is 0. The highest BCUT2D eigenvalue weighted by Crippen LogP contribution is 2.15. The summed E-state index contributed by atoms with van der Waals surface area (Å²) < 4.78 is 1.42. The molecule has 19 heavy (non-hydrogen) atoms. The second-order valence-corrected chi connectivity index (χ2v) is 4.37. The van der Waals surface area contributed by atoms with Gasteiger partial charge >= 0.3 is 5.82 Å². The van der Waals surface area contributed by atoms with E-state index in [0.717, 1.165) is 5.56 Å². The fourth-order valence-corrected chi connectivity index (χ4v) is 1.99. The van der Waals surface area contributed by atoms with E-state index < -0.39 is 11.0 Å². The monoisotopic (exact) mass is 261 g/mol. The van der Waals surface area contributed by atoms with Gasteiger partial charge < -0.3 is 15.2 Å². The van der Waals surface area contributed by atoms with Crippen LogP contribution >= 0.6 is 0 Å². The van der Waals surface area contributed by atoms with Crippen LogP contribution in [0.4, 0.5) is 5.82 Å². The Balaban J connectivity index is 2.09. The molecule has 2 rings (SSSR count). The molecule has 1 atom stereocenters. The zero-order chi connectivity index (χ0) is 13.8. The SMILES string of the molecule is Cc1ncc([N+](=O)[O-])n1CC(O)Cc1ccccc1. The molecule has 0 radical (unpaired) electrons. The second kappa shape index (κ2) is 5.62. The first kappa shape index (κ1) is 13.2. The maximum Gasteiger partial charge on any atom is 0.342 e. The molecule has 0 bridgehead atoms. The lowest BCUT2D eigenvalue weighted by Gasteiger charge is -2.10. The van der Waals surface area contributed by atoms with Gasteiger partial charge in [0.2, 0.25) is 0 Å². The van der Waals surface area contributed by atoms with Crippen molar-refractivity contribution in [1.82, 2.24) is 9.55 Å². The number of aliphatic hydroxyl groups excluding tert-OH is 1. The number of hydrogen-bond donors (Lipinski definition) is 1. The van der Waals surface area contributed by atoms with Crippen LogP contribution in [0, 0.1) is 17.0 Å². The Morgan fingerprint density at radius 3 is 2.74 bits per heavy atom. The molecule has 1 heterocycles. The van der Waals surface area contributed by atoms with E-state index in [1.54, 1.807) is 6.92 Å². The first-order valence-corrected chi connectivity index (χ1v) is 5.96. The van der Waals surface area contributed by atoms with Crippen molar-refractivity contribution in [2.24, 2.45) is 0 Å². The van der Waals surface area contributed by atoms with Gasteiger partial charge in [-0.25, -0.2) is 9.55 Å². The van der Waals surface area contributed by atoms with Crippen LogP contribution < -0.4 is 0 Å². The molecule has 1 N–H and O–H groups in total. The van der Waals surface area contributed by atoms with Crippen molar-refractivity contribution in [3.8, 4) is 0 Å². The van der Waals surface area contributed by atoms with E-state index in [1.807, 2.05) is 30.3 Å². The summed E-state index contributed by atoms with van der Waals surface area (Å²) in [5.41, 5.74) is 0.996. The zero-order valence-electron chi connectivity index (χ0n) is 10.6. The van der Waals surface area contributed by atoms with E-state index >= 15 is 0 Å². The van der Waals surface area contributed by atoms with Crippen LogP contribution in [0.2, 0.25) is 0 Å². The number of imidazole rings is 1. The molecule has 0 amide bonds. The molecule has 0 fully saturated rings. The standard InChI is InChI=1S/C13H15N3O3/c1-10-14-8-13(16(18)19)15(10)9-12(17)7-11-5-3-2-4-6-11/h2-6,8,12,17H,7,9H2,1H3. The summed E-state index contributed by atoms with van der Waals surface area (Å²) in [5, 5.41) is 20.9. The van der Waals surface area contributed by atoms with Gasteiger partial charge in [0.15, 0.2) is 5.82 Å². The summed E-state index contributed by atoms with van der Waals surface area (Å²) in [5.74, 6) is 0.434.